The van der Waals surface area contributed by atoms with Gasteiger partial charge in [0, 0.05) is 10.3 Å². The smallest absolute Gasteiger partial charge is 0.359 e. The summed E-state index contributed by atoms with van der Waals surface area (Å²) < 4.78 is 6.11. The van der Waals surface area contributed by atoms with E-state index in [2.05, 4.69) is 10.4 Å². The predicted octanol–water partition coefficient (Wildman–Crippen LogP) is 1.48. The van der Waals surface area contributed by atoms with E-state index in [-0.39, 0.29) is 30.3 Å². The molecule has 28 heavy (non-hydrogen) atoms. The van der Waals surface area contributed by atoms with Crippen molar-refractivity contribution >= 4 is 34.0 Å². The minimum absolute atomic E-state index is 0.0528. The summed E-state index contributed by atoms with van der Waals surface area (Å²) in [5, 5.41) is 18.4. The van der Waals surface area contributed by atoms with Crippen LogP contribution in [0.5, 0.6) is 0 Å². The molecule has 0 unspecified atom stereocenters. The lowest BCUT2D eigenvalue weighted by Gasteiger charge is -2.13. The third-order valence-corrected chi connectivity index (χ3v) is 5.11. The predicted molar refractivity (Wildman–Crippen MR) is 104 cm³/mol. The molecule has 0 radical (unpaired) electrons. The van der Waals surface area contributed by atoms with Gasteiger partial charge in [0.2, 0.25) is 0 Å². The minimum atomic E-state index is -0.818. The molecule has 0 saturated heterocycles. The van der Waals surface area contributed by atoms with Crippen LogP contribution in [-0.4, -0.2) is 40.0 Å². The highest BCUT2D eigenvalue weighted by Crippen LogP contribution is 2.18. The molecule has 0 fully saturated rings. The fourth-order valence-corrected chi connectivity index (χ4v) is 3.46. The maximum Gasteiger partial charge on any atom is 0.359 e. The van der Waals surface area contributed by atoms with Crippen molar-refractivity contribution in [2.75, 3.05) is 13.2 Å². The second-order valence-corrected chi connectivity index (χ2v) is 7.01. The Morgan fingerprint density at radius 3 is 2.68 bits per heavy atom. The number of aromatic nitrogens is 2. The Morgan fingerprint density at radius 2 is 2.00 bits per heavy atom. The number of ether oxygens (including phenoxy) is 1. The van der Waals surface area contributed by atoms with Gasteiger partial charge in [-0.25, -0.2) is 9.48 Å². The van der Waals surface area contributed by atoms with Crippen LogP contribution in [-0.2, 0) is 16.1 Å². The molecule has 0 aliphatic carbocycles. The Kier molecular flexibility index (Phi) is 6.17. The van der Waals surface area contributed by atoms with Crippen LogP contribution in [0, 0.1) is 0 Å². The van der Waals surface area contributed by atoms with Crippen molar-refractivity contribution in [2.24, 2.45) is 0 Å². The zero-order valence-corrected chi connectivity index (χ0v) is 15.9. The molecule has 8 nitrogen and oxygen atoms in total. The summed E-state index contributed by atoms with van der Waals surface area (Å²) in [6.45, 7) is 1.01. The van der Waals surface area contributed by atoms with Crippen molar-refractivity contribution in [3.8, 4) is 0 Å². The van der Waals surface area contributed by atoms with Gasteiger partial charge in [-0.3, -0.25) is 9.59 Å². The van der Waals surface area contributed by atoms with Crippen molar-refractivity contribution in [3.63, 3.8) is 0 Å². The molecule has 2 N–H and O–H groups in total. The molecule has 0 saturated carbocycles. The van der Waals surface area contributed by atoms with Crippen LogP contribution in [0.15, 0.2) is 46.6 Å². The van der Waals surface area contributed by atoms with E-state index < -0.39 is 24.0 Å². The number of aliphatic hydroxyl groups is 1. The molecule has 1 amide bonds. The first-order valence-electron chi connectivity index (χ1n) is 8.62. The number of nitrogens with zero attached hydrogens (tertiary/aromatic N) is 2. The number of aliphatic hydroxyl groups excluding tert-OH is 1. The van der Waals surface area contributed by atoms with Crippen molar-refractivity contribution in [3.05, 3.63) is 62.7 Å². The van der Waals surface area contributed by atoms with Crippen molar-refractivity contribution in [2.45, 2.75) is 19.5 Å². The Hall–Kier alpha value is -3.04. The van der Waals surface area contributed by atoms with Gasteiger partial charge in [0.05, 0.1) is 24.6 Å². The molecule has 9 heteroatoms. The fourth-order valence-electron chi connectivity index (χ4n) is 2.72. The van der Waals surface area contributed by atoms with Crippen LogP contribution in [0.2, 0.25) is 0 Å². The molecule has 3 rings (SSSR count). The second kappa shape index (κ2) is 8.77. The number of hydrogen-bond acceptors (Lipinski definition) is 7. The zero-order chi connectivity index (χ0) is 20.1. The first-order chi connectivity index (χ1) is 13.5. The van der Waals surface area contributed by atoms with Gasteiger partial charge in [-0.05, 0) is 24.4 Å². The van der Waals surface area contributed by atoms with E-state index in [1.165, 1.54) is 11.3 Å². The SMILES string of the molecule is C[C@H](NC(=O)COC(=O)c1nn(CCO)c(=O)c2ccccc12)c1cccs1. The summed E-state index contributed by atoms with van der Waals surface area (Å²) >= 11 is 1.52. The number of amides is 1. The molecule has 2 aromatic heterocycles. The van der Waals surface area contributed by atoms with Crippen LogP contribution in [0.25, 0.3) is 10.8 Å². The lowest BCUT2D eigenvalue weighted by molar-refractivity contribution is -0.124. The third kappa shape index (κ3) is 4.26. The number of benzene rings is 1. The van der Waals surface area contributed by atoms with Gasteiger partial charge < -0.3 is 15.2 Å². The average Bonchev–Trinajstić information content (AvgIpc) is 3.23. The number of carbonyl (C=O) groups is 2. The number of carbonyl (C=O) groups excluding carboxylic acids is 2. The fraction of sp³-hybridized carbons (Fsp3) is 0.263. The summed E-state index contributed by atoms with van der Waals surface area (Å²) in [7, 11) is 0. The van der Waals surface area contributed by atoms with Gasteiger partial charge in [-0.1, -0.05) is 24.3 Å². The lowest BCUT2D eigenvalue weighted by atomic mass is 10.1. The van der Waals surface area contributed by atoms with Crippen LogP contribution < -0.4 is 10.9 Å². The first-order valence-corrected chi connectivity index (χ1v) is 9.50. The summed E-state index contributed by atoms with van der Waals surface area (Å²) in [4.78, 5) is 37.9. The van der Waals surface area contributed by atoms with E-state index in [1.54, 1.807) is 24.3 Å². The Balaban J connectivity index is 1.75. The molecule has 0 aliphatic heterocycles. The monoisotopic (exact) mass is 401 g/mol. The molecule has 0 bridgehead atoms. The number of esters is 1. The standard InChI is InChI=1S/C19H19N3O5S/c1-12(15-7-4-10-28-15)20-16(24)11-27-19(26)17-13-5-2-3-6-14(13)18(25)22(21-17)8-9-23/h2-7,10,12,23H,8-9,11H2,1H3,(H,20,24)/t12-/m0/s1. The van der Waals surface area contributed by atoms with Gasteiger partial charge in [0.25, 0.3) is 11.5 Å². The summed E-state index contributed by atoms with van der Waals surface area (Å²) in [6, 6.07) is 10.1. The Labute approximate surface area is 164 Å². The zero-order valence-electron chi connectivity index (χ0n) is 15.1. The maximum atomic E-state index is 12.5. The highest BCUT2D eigenvalue weighted by Gasteiger charge is 2.19. The molecule has 1 aromatic carbocycles. The van der Waals surface area contributed by atoms with Gasteiger partial charge >= 0.3 is 5.97 Å². The largest absolute Gasteiger partial charge is 0.451 e. The first kappa shape index (κ1) is 19.7. The van der Waals surface area contributed by atoms with E-state index in [1.807, 2.05) is 24.4 Å². The minimum Gasteiger partial charge on any atom is -0.451 e. The number of hydrogen-bond donors (Lipinski definition) is 2. The molecule has 2 heterocycles. The molecular weight excluding hydrogens is 382 g/mol. The van der Waals surface area contributed by atoms with E-state index >= 15 is 0 Å². The lowest BCUT2D eigenvalue weighted by Crippen LogP contribution is -2.32. The third-order valence-electron chi connectivity index (χ3n) is 4.05. The van der Waals surface area contributed by atoms with Crippen LogP contribution >= 0.6 is 11.3 Å². The van der Waals surface area contributed by atoms with Crippen LogP contribution in [0.4, 0.5) is 0 Å². The van der Waals surface area contributed by atoms with Gasteiger partial charge in [-0.15, -0.1) is 11.3 Å². The van der Waals surface area contributed by atoms with Crippen LogP contribution in [0.3, 0.4) is 0 Å². The maximum absolute atomic E-state index is 12.5. The van der Waals surface area contributed by atoms with E-state index in [0.29, 0.717) is 5.39 Å². The number of nitrogens with one attached hydrogen (secondary N) is 1. The Morgan fingerprint density at radius 1 is 1.25 bits per heavy atom. The Bertz CT molecular complexity index is 1050. The molecular formula is C19H19N3O5S. The van der Waals surface area contributed by atoms with E-state index in [0.717, 1.165) is 9.56 Å². The van der Waals surface area contributed by atoms with Crippen molar-refractivity contribution < 1.29 is 19.4 Å². The molecule has 146 valence electrons. The molecule has 3 aromatic rings. The van der Waals surface area contributed by atoms with Crippen LogP contribution in [0.1, 0.15) is 28.3 Å². The average molecular weight is 401 g/mol. The highest BCUT2D eigenvalue weighted by atomic mass is 32.1. The van der Waals surface area contributed by atoms with Gasteiger partial charge in [-0.2, -0.15) is 5.10 Å². The second-order valence-electron chi connectivity index (χ2n) is 6.03. The quantitative estimate of drug-likeness (QED) is 0.580. The van der Waals surface area contributed by atoms with E-state index in [4.69, 9.17) is 9.84 Å². The van der Waals surface area contributed by atoms with Crippen molar-refractivity contribution in [1.29, 1.82) is 0 Å². The molecule has 1 atom stereocenters. The number of fused-ring (bicyclic) bond motifs is 1. The van der Waals surface area contributed by atoms with Crippen molar-refractivity contribution in [1.82, 2.24) is 15.1 Å². The highest BCUT2D eigenvalue weighted by molar-refractivity contribution is 7.10. The topological polar surface area (TPSA) is 111 Å². The molecule has 0 spiro atoms. The summed E-state index contributed by atoms with van der Waals surface area (Å²) in [5.74, 6) is -1.26. The summed E-state index contributed by atoms with van der Waals surface area (Å²) in [6.07, 6.45) is 0. The van der Waals surface area contributed by atoms with E-state index in [9.17, 15) is 14.4 Å². The summed E-state index contributed by atoms with van der Waals surface area (Å²) in [5.41, 5.74) is -0.494. The van der Waals surface area contributed by atoms with Gasteiger partial charge in [0.15, 0.2) is 12.3 Å². The molecule has 0 aliphatic rings. The van der Waals surface area contributed by atoms with Gasteiger partial charge in [0.1, 0.15) is 0 Å². The number of rotatable bonds is 7. The number of thiophene rings is 1. The normalized spacial score (nSPS) is 11.9.